The average molecular weight is 516 g/mol. The third kappa shape index (κ3) is 6.21. The minimum Gasteiger partial charge on any atom is -0.494 e. The van der Waals surface area contributed by atoms with Crippen LogP contribution in [0.2, 0.25) is 5.02 Å². The maximum Gasteiger partial charge on any atom is 0.274 e. The van der Waals surface area contributed by atoms with Crippen LogP contribution in [0.15, 0.2) is 35.6 Å². The zero-order valence-electron chi connectivity index (χ0n) is 18.4. The van der Waals surface area contributed by atoms with E-state index in [1.54, 1.807) is 24.3 Å². The Morgan fingerprint density at radius 1 is 1.24 bits per heavy atom. The Morgan fingerprint density at radius 3 is 2.52 bits per heavy atom. The Hall–Kier alpha value is -2.24. The zero-order valence-corrected chi connectivity index (χ0v) is 20.8. The molecule has 2 heterocycles. The number of sulfone groups is 2. The lowest BCUT2D eigenvalue weighted by molar-refractivity contribution is 0.0674. The number of hydrogen-bond acceptors (Lipinski definition) is 8. The number of halogens is 1. The van der Waals surface area contributed by atoms with Crippen molar-refractivity contribution in [2.45, 2.75) is 44.4 Å². The number of nitrogens with zero attached hydrogens (tertiary/aromatic N) is 3. The number of amides is 1. The quantitative estimate of drug-likeness (QED) is 0.467. The lowest BCUT2D eigenvalue weighted by Gasteiger charge is -2.28. The predicted molar refractivity (Wildman–Crippen MR) is 124 cm³/mol. The number of rotatable bonds is 9. The normalized spacial score (nSPS) is 17.6. The fourth-order valence-electron chi connectivity index (χ4n) is 3.41. The largest absolute Gasteiger partial charge is 0.494 e. The van der Waals surface area contributed by atoms with Gasteiger partial charge in [-0.3, -0.25) is 4.79 Å². The average Bonchev–Trinajstić information content (AvgIpc) is 3.15. The summed E-state index contributed by atoms with van der Waals surface area (Å²) in [5.41, 5.74) is 0.481. The van der Waals surface area contributed by atoms with Crippen LogP contribution in [-0.2, 0) is 26.2 Å². The van der Waals surface area contributed by atoms with E-state index in [2.05, 4.69) is 9.97 Å². The monoisotopic (exact) mass is 515 g/mol. The van der Waals surface area contributed by atoms with Gasteiger partial charge in [0.05, 0.1) is 35.1 Å². The van der Waals surface area contributed by atoms with E-state index in [1.807, 2.05) is 6.92 Å². The van der Waals surface area contributed by atoms with Crippen LogP contribution >= 0.6 is 11.6 Å². The van der Waals surface area contributed by atoms with Crippen LogP contribution < -0.4 is 4.74 Å². The molecule has 0 bridgehead atoms. The van der Waals surface area contributed by atoms with Crippen molar-refractivity contribution < 1.29 is 26.4 Å². The Labute approximate surface area is 199 Å². The van der Waals surface area contributed by atoms with Crippen LogP contribution in [0.3, 0.4) is 0 Å². The van der Waals surface area contributed by atoms with Gasteiger partial charge in [-0.25, -0.2) is 26.8 Å². The number of hydrogen-bond donors (Lipinski definition) is 0. The molecule has 2 aromatic rings. The van der Waals surface area contributed by atoms with Crippen molar-refractivity contribution in [3.05, 3.63) is 46.7 Å². The van der Waals surface area contributed by atoms with Crippen molar-refractivity contribution in [3.63, 3.8) is 0 Å². The van der Waals surface area contributed by atoms with E-state index in [-0.39, 0.29) is 40.9 Å². The fourth-order valence-corrected chi connectivity index (χ4v) is 6.02. The SMILES string of the molecule is CCCOc1ccc(CN(C(=O)c2nc(S(=O)(=O)CC)ncc2Cl)C2CCS(=O)(=O)C2)cc1. The molecule has 1 atom stereocenters. The molecule has 1 aliphatic rings. The van der Waals surface area contributed by atoms with E-state index in [0.29, 0.717) is 12.4 Å². The van der Waals surface area contributed by atoms with Gasteiger partial charge in [-0.2, -0.15) is 0 Å². The summed E-state index contributed by atoms with van der Waals surface area (Å²) in [5.74, 6) is -0.407. The summed E-state index contributed by atoms with van der Waals surface area (Å²) in [4.78, 5) is 22.6. The highest BCUT2D eigenvalue weighted by atomic mass is 35.5. The maximum absolute atomic E-state index is 13.5. The number of ether oxygens (including phenoxy) is 1. The highest BCUT2D eigenvalue weighted by Crippen LogP contribution is 2.25. The molecule has 1 amide bonds. The lowest BCUT2D eigenvalue weighted by atomic mass is 10.1. The summed E-state index contributed by atoms with van der Waals surface area (Å²) in [7, 11) is -7.05. The summed E-state index contributed by atoms with van der Waals surface area (Å²) in [5, 5.41) is -0.599. The smallest absolute Gasteiger partial charge is 0.274 e. The second-order valence-corrected chi connectivity index (χ2v) is 12.5. The topological polar surface area (TPSA) is 124 Å². The van der Waals surface area contributed by atoms with Crippen LogP contribution in [0.25, 0.3) is 0 Å². The van der Waals surface area contributed by atoms with Gasteiger partial charge in [0, 0.05) is 12.6 Å². The first kappa shape index (κ1) is 25.4. The van der Waals surface area contributed by atoms with E-state index in [0.717, 1.165) is 18.2 Å². The Kier molecular flexibility index (Phi) is 7.96. The lowest BCUT2D eigenvalue weighted by Crippen LogP contribution is -2.41. The van der Waals surface area contributed by atoms with Gasteiger partial charge in [-0.05, 0) is 30.5 Å². The summed E-state index contributed by atoms with van der Waals surface area (Å²) >= 11 is 6.16. The van der Waals surface area contributed by atoms with Gasteiger partial charge in [0.2, 0.25) is 15.0 Å². The van der Waals surface area contributed by atoms with Gasteiger partial charge < -0.3 is 9.64 Å². The number of aromatic nitrogens is 2. The molecule has 12 heteroatoms. The Morgan fingerprint density at radius 2 is 1.94 bits per heavy atom. The molecule has 1 saturated heterocycles. The van der Waals surface area contributed by atoms with Crippen molar-refractivity contribution in [3.8, 4) is 5.75 Å². The Balaban J connectivity index is 1.95. The van der Waals surface area contributed by atoms with Crippen molar-refractivity contribution in [1.82, 2.24) is 14.9 Å². The van der Waals surface area contributed by atoms with E-state index >= 15 is 0 Å². The molecule has 1 aromatic carbocycles. The van der Waals surface area contributed by atoms with Gasteiger partial charge in [-0.15, -0.1) is 0 Å². The van der Waals surface area contributed by atoms with Crippen molar-refractivity contribution in [2.75, 3.05) is 23.9 Å². The molecule has 180 valence electrons. The molecule has 0 N–H and O–H groups in total. The van der Waals surface area contributed by atoms with Crippen molar-refractivity contribution >= 4 is 37.2 Å². The molecule has 0 spiro atoms. The zero-order chi connectivity index (χ0) is 24.2. The third-order valence-corrected chi connectivity index (χ3v) is 8.78. The molecule has 9 nitrogen and oxygen atoms in total. The minimum atomic E-state index is -3.77. The van der Waals surface area contributed by atoms with Crippen molar-refractivity contribution in [2.24, 2.45) is 0 Å². The summed E-state index contributed by atoms with van der Waals surface area (Å²) in [6.07, 6.45) is 2.22. The minimum absolute atomic E-state index is 0.0296. The van der Waals surface area contributed by atoms with Gasteiger partial charge in [0.1, 0.15) is 5.75 Å². The summed E-state index contributed by atoms with van der Waals surface area (Å²) < 4.78 is 54.2. The number of benzene rings is 1. The van der Waals surface area contributed by atoms with Crippen LogP contribution in [-0.4, -0.2) is 67.5 Å². The summed E-state index contributed by atoms with van der Waals surface area (Å²) in [6, 6.07) is 6.56. The highest BCUT2D eigenvalue weighted by molar-refractivity contribution is 7.91. The molecule has 33 heavy (non-hydrogen) atoms. The molecule has 0 radical (unpaired) electrons. The number of carbonyl (C=O) groups excluding carboxylic acids is 1. The van der Waals surface area contributed by atoms with Crippen LogP contribution in [0.5, 0.6) is 5.75 Å². The standard InChI is InChI=1S/C21H26ClN3O6S2/c1-3-10-31-17-7-5-15(6-8-17)13-25(16-9-11-32(27,28)14-16)20(26)19-18(22)12-23-21(24-19)33(29,30)4-2/h5-8,12,16H,3-4,9-11,13-14H2,1-2H3. The molecular formula is C21H26ClN3O6S2. The highest BCUT2D eigenvalue weighted by Gasteiger charge is 2.36. The van der Waals surface area contributed by atoms with E-state index in [9.17, 15) is 21.6 Å². The second-order valence-electron chi connectivity index (χ2n) is 7.73. The van der Waals surface area contributed by atoms with E-state index in [4.69, 9.17) is 16.3 Å². The maximum atomic E-state index is 13.5. The van der Waals surface area contributed by atoms with Gasteiger partial charge in [-0.1, -0.05) is 37.6 Å². The summed E-state index contributed by atoms with van der Waals surface area (Å²) in [6.45, 7) is 4.13. The predicted octanol–water partition coefficient (Wildman–Crippen LogP) is 2.54. The van der Waals surface area contributed by atoms with Crippen LogP contribution in [0.4, 0.5) is 0 Å². The first-order valence-electron chi connectivity index (χ1n) is 10.5. The molecule has 1 aromatic heterocycles. The van der Waals surface area contributed by atoms with Gasteiger partial charge in [0.25, 0.3) is 5.91 Å². The van der Waals surface area contributed by atoms with E-state index in [1.165, 1.54) is 11.8 Å². The van der Waals surface area contributed by atoms with Gasteiger partial charge >= 0.3 is 0 Å². The molecule has 1 fully saturated rings. The molecule has 0 saturated carbocycles. The second kappa shape index (κ2) is 10.4. The molecule has 0 aliphatic carbocycles. The van der Waals surface area contributed by atoms with E-state index < -0.39 is 36.8 Å². The first-order chi connectivity index (χ1) is 15.6. The molecular weight excluding hydrogens is 490 g/mol. The number of carbonyl (C=O) groups is 1. The van der Waals surface area contributed by atoms with Crippen LogP contribution in [0.1, 0.15) is 42.7 Å². The van der Waals surface area contributed by atoms with Gasteiger partial charge in [0.15, 0.2) is 15.5 Å². The third-order valence-electron chi connectivity index (χ3n) is 5.24. The molecule has 1 aliphatic heterocycles. The van der Waals surface area contributed by atoms with Crippen molar-refractivity contribution in [1.29, 1.82) is 0 Å². The fraction of sp³-hybridized carbons (Fsp3) is 0.476. The Bertz CT molecular complexity index is 1220. The first-order valence-corrected chi connectivity index (χ1v) is 14.4. The molecule has 3 rings (SSSR count). The van der Waals surface area contributed by atoms with Crippen LogP contribution in [0, 0.1) is 0 Å². The molecule has 1 unspecified atom stereocenters.